The Morgan fingerprint density at radius 3 is 2.18 bits per heavy atom. The summed E-state index contributed by atoms with van der Waals surface area (Å²) >= 11 is 0. The van der Waals surface area contributed by atoms with Crippen LogP contribution in [0.2, 0.25) is 0 Å². The van der Waals surface area contributed by atoms with Crippen LogP contribution < -0.4 is 4.74 Å². The van der Waals surface area contributed by atoms with Gasteiger partial charge in [0, 0.05) is 6.42 Å². The quantitative estimate of drug-likeness (QED) is 0.389. The van der Waals surface area contributed by atoms with Crippen molar-refractivity contribution < 1.29 is 43.4 Å². The molecule has 9 heteroatoms. The van der Waals surface area contributed by atoms with E-state index in [0.717, 1.165) is 16.9 Å². The first-order chi connectivity index (χ1) is 18.9. The van der Waals surface area contributed by atoms with Gasteiger partial charge in [-0.05, 0) is 37.1 Å². The van der Waals surface area contributed by atoms with Crippen LogP contribution in [0.5, 0.6) is 5.75 Å². The molecule has 2 heterocycles. The smallest absolute Gasteiger partial charge is 0.184 e. The Bertz CT molecular complexity index is 1000. The minimum absolute atomic E-state index is 0.224. The van der Waals surface area contributed by atoms with E-state index in [1.54, 1.807) is 20.1 Å². The summed E-state index contributed by atoms with van der Waals surface area (Å²) in [6.45, 7) is 8.10. The molecule has 0 saturated carbocycles. The van der Waals surface area contributed by atoms with E-state index in [4.69, 9.17) is 33.2 Å². The summed E-state index contributed by atoms with van der Waals surface area (Å²) in [4.78, 5) is 0. The molecule has 2 fully saturated rings. The SMILES string of the molecule is C=CCO[C@@H]1C[C@H](O[C@H]2[C@H](OCc3ccccc3)[C@@H](OCc3ccc(OC)cc3)C(O)O[C@@H]2C)O[C@H](C)[C@H]1O. The third-order valence-electron chi connectivity index (χ3n) is 7.02. The van der Waals surface area contributed by atoms with Gasteiger partial charge in [0.1, 0.15) is 30.2 Å². The molecular formula is C30H40O9. The average molecular weight is 545 g/mol. The van der Waals surface area contributed by atoms with Gasteiger partial charge in [0.15, 0.2) is 12.6 Å². The predicted molar refractivity (Wildman–Crippen MR) is 143 cm³/mol. The van der Waals surface area contributed by atoms with Crippen molar-refractivity contribution in [2.24, 2.45) is 0 Å². The maximum atomic E-state index is 10.9. The second-order valence-corrected chi connectivity index (χ2v) is 9.87. The zero-order chi connectivity index (χ0) is 27.8. The standard InChI is InChI=1S/C30H40O9/c1-5-15-34-24-16-25(37-19(2)26(24)31)39-27-20(3)38-30(32)29(28(27)35-17-21-9-7-6-8-10-21)36-18-22-11-13-23(33-4)14-12-22/h5-14,19-20,24-32H,1,15-18H2,2-4H3/t19-,20-,24-,25+,26-,27-,28+,29-,30?/m1/s1. The minimum atomic E-state index is -1.23. The van der Waals surface area contributed by atoms with Gasteiger partial charge < -0.3 is 43.4 Å². The van der Waals surface area contributed by atoms with Gasteiger partial charge in [-0.1, -0.05) is 48.5 Å². The van der Waals surface area contributed by atoms with Gasteiger partial charge in [-0.2, -0.15) is 0 Å². The van der Waals surface area contributed by atoms with Crippen LogP contribution in [-0.2, 0) is 41.6 Å². The third kappa shape index (κ3) is 7.87. The Morgan fingerprint density at radius 1 is 0.846 bits per heavy atom. The van der Waals surface area contributed by atoms with Crippen LogP contribution in [0.3, 0.4) is 0 Å². The maximum absolute atomic E-state index is 10.9. The Kier molecular flexibility index (Phi) is 10.9. The van der Waals surface area contributed by atoms with Crippen LogP contribution in [-0.4, -0.2) is 79.2 Å². The minimum Gasteiger partial charge on any atom is -0.497 e. The van der Waals surface area contributed by atoms with Crippen molar-refractivity contribution in [1.82, 2.24) is 0 Å². The maximum Gasteiger partial charge on any atom is 0.184 e. The fourth-order valence-corrected chi connectivity index (χ4v) is 4.85. The van der Waals surface area contributed by atoms with E-state index < -0.39 is 55.3 Å². The number of methoxy groups -OCH3 is 1. The molecule has 0 radical (unpaired) electrons. The fraction of sp³-hybridized carbons (Fsp3) is 0.533. The molecule has 4 rings (SSSR count). The van der Waals surface area contributed by atoms with Gasteiger partial charge in [0.2, 0.25) is 0 Å². The van der Waals surface area contributed by atoms with E-state index in [2.05, 4.69) is 6.58 Å². The van der Waals surface area contributed by atoms with E-state index in [1.165, 1.54) is 0 Å². The fourth-order valence-electron chi connectivity index (χ4n) is 4.85. The lowest BCUT2D eigenvalue weighted by molar-refractivity contribution is -0.341. The second-order valence-electron chi connectivity index (χ2n) is 9.87. The molecule has 2 N–H and O–H groups in total. The van der Waals surface area contributed by atoms with Crippen molar-refractivity contribution in [2.75, 3.05) is 13.7 Å². The molecule has 39 heavy (non-hydrogen) atoms. The zero-order valence-corrected chi connectivity index (χ0v) is 22.8. The van der Waals surface area contributed by atoms with Crippen molar-refractivity contribution in [3.05, 3.63) is 78.4 Å². The highest BCUT2D eigenvalue weighted by molar-refractivity contribution is 5.26. The van der Waals surface area contributed by atoms with Crippen LogP contribution in [0.15, 0.2) is 67.3 Å². The first-order valence-corrected chi connectivity index (χ1v) is 13.3. The van der Waals surface area contributed by atoms with Gasteiger partial charge in [-0.3, -0.25) is 0 Å². The van der Waals surface area contributed by atoms with Crippen LogP contribution in [0.4, 0.5) is 0 Å². The Morgan fingerprint density at radius 2 is 1.51 bits per heavy atom. The monoisotopic (exact) mass is 544 g/mol. The molecular weight excluding hydrogens is 504 g/mol. The summed E-state index contributed by atoms with van der Waals surface area (Å²) in [5.74, 6) is 0.744. The van der Waals surface area contributed by atoms with Gasteiger partial charge in [0.25, 0.3) is 0 Å². The highest BCUT2D eigenvalue weighted by atomic mass is 16.7. The number of aliphatic hydroxyl groups is 2. The second kappa shape index (κ2) is 14.3. The molecule has 0 aliphatic carbocycles. The average Bonchev–Trinajstić information content (AvgIpc) is 2.95. The van der Waals surface area contributed by atoms with E-state index in [9.17, 15) is 10.2 Å². The van der Waals surface area contributed by atoms with Crippen LogP contribution >= 0.6 is 0 Å². The summed E-state index contributed by atoms with van der Waals surface area (Å²) in [5.41, 5.74) is 1.88. The molecule has 2 aromatic rings. The summed E-state index contributed by atoms with van der Waals surface area (Å²) < 4.78 is 41.9. The first-order valence-electron chi connectivity index (χ1n) is 13.3. The normalized spacial score (nSPS) is 33.0. The Labute approximate surface area is 230 Å². The lowest BCUT2D eigenvalue weighted by Crippen LogP contribution is -2.61. The molecule has 0 aromatic heterocycles. The van der Waals surface area contributed by atoms with E-state index >= 15 is 0 Å². The lowest BCUT2D eigenvalue weighted by atomic mass is 9.98. The van der Waals surface area contributed by atoms with Gasteiger partial charge in [-0.15, -0.1) is 6.58 Å². The summed E-state index contributed by atoms with van der Waals surface area (Å²) in [6, 6.07) is 17.3. The van der Waals surface area contributed by atoms with Gasteiger partial charge in [0.05, 0.1) is 45.2 Å². The van der Waals surface area contributed by atoms with E-state index in [1.807, 2.05) is 61.5 Å². The molecule has 2 aliphatic heterocycles. The van der Waals surface area contributed by atoms with Crippen LogP contribution in [0.1, 0.15) is 31.4 Å². The molecule has 9 nitrogen and oxygen atoms in total. The number of rotatable bonds is 12. The topological polar surface area (TPSA) is 105 Å². The van der Waals surface area contributed by atoms with Gasteiger partial charge >= 0.3 is 0 Å². The zero-order valence-electron chi connectivity index (χ0n) is 22.8. The van der Waals surface area contributed by atoms with E-state index in [-0.39, 0.29) is 6.61 Å². The number of ether oxygens (including phenoxy) is 7. The molecule has 214 valence electrons. The Balaban J connectivity index is 1.51. The largest absolute Gasteiger partial charge is 0.497 e. The highest BCUT2D eigenvalue weighted by Gasteiger charge is 2.48. The number of hydrogen-bond donors (Lipinski definition) is 2. The number of hydrogen-bond acceptors (Lipinski definition) is 9. The van der Waals surface area contributed by atoms with Gasteiger partial charge in [-0.25, -0.2) is 0 Å². The summed E-state index contributed by atoms with van der Waals surface area (Å²) in [7, 11) is 1.61. The highest BCUT2D eigenvalue weighted by Crippen LogP contribution is 2.32. The molecule has 0 amide bonds. The first kappa shape index (κ1) is 29.6. The number of aliphatic hydroxyl groups excluding tert-OH is 2. The Hall–Kier alpha value is -2.34. The predicted octanol–water partition coefficient (Wildman–Crippen LogP) is 3.36. The molecule has 2 aromatic carbocycles. The van der Waals surface area contributed by atoms with E-state index in [0.29, 0.717) is 19.6 Å². The van der Waals surface area contributed by atoms with Crippen LogP contribution in [0.25, 0.3) is 0 Å². The lowest BCUT2D eigenvalue weighted by Gasteiger charge is -2.46. The molecule has 9 atom stereocenters. The van der Waals surface area contributed by atoms with Crippen molar-refractivity contribution >= 4 is 0 Å². The summed E-state index contributed by atoms with van der Waals surface area (Å²) in [6.07, 6.45) is -4.42. The molecule has 1 unspecified atom stereocenters. The molecule has 2 aliphatic rings. The van der Waals surface area contributed by atoms with Crippen molar-refractivity contribution in [3.63, 3.8) is 0 Å². The van der Waals surface area contributed by atoms with Crippen LogP contribution in [0, 0.1) is 0 Å². The molecule has 0 spiro atoms. The summed E-state index contributed by atoms with van der Waals surface area (Å²) in [5, 5.41) is 21.5. The molecule has 2 saturated heterocycles. The third-order valence-corrected chi connectivity index (χ3v) is 7.02. The van der Waals surface area contributed by atoms with Crippen molar-refractivity contribution in [3.8, 4) is 5.75 Å². The van der Waals surface area contributed by atoms with Crippen molar-refractivity contribution in [2.45, 2.75) is 88.8 Å². The number of benzene rings is 2. The molecule has 0 bridgehead atoms. The van der Waals surface area contributed by atoms with Crippen molar-refractivity contribution in [1.29, 1.82) is 0 Å².